The smallest absolute Gasteiger partial charge is 0.324 e. The summed E-state index contributed by atoms with van der Waals surface area (Å²) in [7, 11) is -3.71. The number of hydrogen-bond donors (Lipinski definition) is 2. The van der Waals surface area contributed by atoms with Crippen LogP contribution in [0.1, 0.15) is 39.0 Å². The van der Waals surface area contributed by atoms with E-state index in [1.807, 2.05) is 0 Å². The lowest BCUT2D eigenvalue weighted by Crippen LogP contribution is -1.87. The second-order valence-electron chi connectivity index (χ2n) is 2.80. The van der Waals surface area contributed by atoms with Gasteiger partial charge in [0, 0.05) is 6.16 Å². The summed E-state index contributed by atoms with van der Waals surface area (Å²) in [6, 6.07) is 0. The number of hydrogen-bond acceptors (Lipinski definition) is 1. The van der Waals surface area contributed by atoms with Crippen LogP contribution in [-0.2, 0) is 4.57 Å². The van der Waals surface area contributed by atoms with Crippen LogP contribution in [0.3, 0.4) is 0 Å². The molecule has 2 N–H and O–H groups in total. The molecule has 11 heavy (non-hydrogen) atoms. The molecule has 0 fully saturated rings. The molecule has 0 unspecified atom stereocenters. The Hall–Kier alpha value is 0.150. The third-order valence-corrected chi connectivity index (χ3v) is 2.45. The largest absolute Gasteiger partial charge is 0.325 e. The van der Waals surface area contributed by atoms with Crippen molar-refractivity contribution in [3.8, 4) is 0 Å². The van der Waals surface area contributed by atoms with Gasteiger partial charge in [0.1, 0.15) is 0 Å². The predicted octanol–water partition coefficient (Wildman–Crippen LogP) is 2.13. The summed E-state index contributed by atoms with van der Waals surface area (Å²) in [4.78, 5) is 17.0. The third kappa shape index (κ3) is 10.2. The first-order valence-electron chi connectivity index (χ1n) is 4.11. The highest BCUT2D eigenvalue weighted by Crippen LogP contribution is 2.35. The van der Waals surface area contributed by atoms with Crippen molar-refractivity contribution in [1.82, 2.24) is 0 Å². The summed E-state index contributed by atoms with van der Waals surface area (Å²) >= 11 is 0. The Morgan fingerprint density at radius 1 is 1.09 bits per heavy atom. The average Bonchev–Trinajstić information content (AvgIpc) is 1.85. The van der Waals surface area contributed by atoms with E-state index in [1.54, 1.807) is 0 Å². The van der Waals surface area contributed by atoms with Gasteiger partial charge in [-0.1, -0.05) is 32.6 Å². The highest BCUT2D eigenvalue weighted by atomic mass is 31.2. The fraction of sp³-hybridized carbons (Fsp3) is 1.00. The van der Waals surface area contributed by atoms with Crippen LogP contribution in [0.2, 0.25) is 0 Å². The van der Waals surface area contributed by atoms with Gasteiger partial charge in [-0.25, -0.2) is 0 Å². The normalized spacial score (nSPS) is 11.9. The Morgan fingerprint density at radius 3 is 2.09 bits per heavy atom. The molecule has 0 aliphatic carbocycles. The standard InChI is InChI=1S/C7H17O3P/c1-2-3-4-5-6-7-11(8,9)10/h2-7H2,1H3,(H2,8,9,10). The average molecular weight is 180 g/mol. The Bertz CT molecular complexity index is 130. The summed E-state index contributed by atoms with van der Waals surface area (Å²) < 4.78 is 10.4. The molecule has 0 aromatic heterocycles. The van der Waals surface area contributed by atoms with E-state index < -0.39 is 7.60 Å². The molecule has 4 heteroatoms. The summed E-state index contributed by atoms with van der Waals surface area (Å²) in [5.41, 5.74) is 0. The van der Waals surface area contributed by atoms with Crippen LogP contribution in [0.15, 0.2) is 0 Å². The second kappa shape index (κ2) is 5.76. The fourth-order valence-corrected chi connectivity index (χ4v) is 1.56. The van der Waals surface area contributed by atoms with Gasteiger partial charge in [-0.15, -0.1) is 0 Å². The van der Waals surface area contributed by atoms with Crippen LogP contribution in [0.5, 0.6) is 0 Å². The molecule has 0 aliphatic heterocycles. The lowest BCUT2D eigenvalue weighted by atomic mass is 10.2. The van der Waals surface area contributed by atoms with E-state index in [4.69, 9.17) is 9.79 Å². The minimum Gasteiger partial charge on any atom is -0.324 e. The number of rotatable bonds is 6. The van der Waals surface area contributed by atoms with Crippen LogP contribution >= 0.6 is 7.60 Å². The zero-order chi connectivity index (χ0) is 8.74. The molecule has 0 heterocycles. The zero-order valence-electron chi connectivity index (χ0n) is 6.99. The first-order valence-corrected chi connectivity index (χ1v) is 5.90. The summed E-state index contributed by atoms with van der Waals surface area (Å²) in [5, 5.41) is 0. The summed E-state index contributed by atoms with van der Waals surface area (Å²) in [6.07, 6.45) is 5.08. The minimum atomic E-state index is -3.71. The molecular formula is C7H17O3P. The van der Waals surface area contributed by atoms with Gasteiger partial charge in [0.05, 0.1) is 0 Å². The third-order valence-electron chi connectivity index (χ3n) is 1.55. The Morgan fingerprint density at radius 2 is 1.64 bits per heavy atom. The molecule has 0 aromatic carbocycles. The van der Waals surface area contributed by atoms with Crippen molar-refractivity contribution in [2.75, 3.05) is 6.16 Å². The van der Waals surface area contributed by atoms with E-state index in [2.05, 4.69) is 6.92 Å². The van der Waals surface area contributed by atoms with Crippen LogP contribution in [-0.4, -0.2) is 15.9 Å². The Balaban J connectivity index is 3.09. The lowest BCUT2D eigenvalue weighted by molar-refractivity contribution is 0.370. The zero-order valence-corrected chi connectivity index (χ0v) is 7.89. The Labute approximate surface area is 68.0 Å². The molecule has 0 amide bonds. The van der Waals surface area contributed by atoms with E-state index in [-0.39, 0.29) is 6.16 Å². The molecule has 0 rings (SSSR count). The summed E-state index contributed by atoms with van der Waals surface area (Å²) in [5.74, 6) is 0. The maximum Gasteiger partial charge on any atom is 0.325 e. The predicted molar refractivity (Wildman–Crippen MR) is 45.7 cm³/mol. The topological polar surface area (TPSA) is 57.5 Å². The monoisotopic (exact) mass is 180 g/mol. The van der Waals surface area contributed by atoms with E-state index >= 15 is 0 Å². The van der Waals surface area contributed by atoms with Crippen molar-refractivity contribution in [2.24, 2.45) is 0 Å². The van der Waals surface area contributed by atoms with Crippen LogP contribution in [0.4, 0.5) is 0 Å². The second-order valence-corrected chi connectivity index (χ2v) is 4.58. The molecular weight excluding hydrogens is 163 g/mol. The van der Waals surface area contributed by atoms with Gasteiger partial charge in [-0.3, -0.25) is 4.57 Å². The van der Waals surface area contributed by atoms with E-state index in [0.29, 0.717) is 6.42 Å². The van der Waals surface area contributed by atoms with Crippen molar-refractivity contribution in [3.63, 3.8) is 0 Å². The summed E-state index contributed by atoms with van der Waals surface area (Å²) in [6.45, 7) is 2.11. The van der Waals surface area contributed by atoms with E-state index in [9.17, 15) is 4.57 Å². The molecule has 0 saturated carbocycles. The van der Waals surface area contributed by atoms with Gasteiger partial charge in [-0.2, -0.15) is 0 Å². The fourth-order valence-electron chi connectivity index (χ4n) is 0.921. The van der Waals surface area contributed by atoms with Crippen LogP contribution < -0.4 is 0 Å². The van der Waals surface area contributed by atoms with Crippen molar-refractivity contribution in [1.29, 1.82) is 0 Å². The van der Waals surface area contributed by atoms with Crippen LogP contribution in [0, 0.1) is 0 Å². The highest BCUT2D eigenvalue weighted by molar-refractivity contribution is 7.51. The molecule has 0 spiro atoms. The SMILES string of the molecule is CCCCCCCP(=O)(O)O. The molecule has 0 aromatic rings. The lowest BCUT2D eigenvalue weighted by Gasteiger charge is -2.02. The van der Waals surface area contributed by atoms with Gasteiger partial charge in [0.2, 0.25) is 0 Å². The molecule has 0 radical (unpaired) electrons. The van der Waals surface area contributed by atoms with E-state index in [0.717, 1.165) is 19.3 Å². The first-order chi connectivity index (χ1) is 5.06. The Kier molecular flexibility index (Phi) is 5.83. The molecule has 0 atom stereocenters. The van der Waals surface area contributed by atoms with Gasteiger partial charge < -0.3 is 9.79 Å². The minimum absolute atomic E-state index is 0.0523. The molecule has 0 bridgehead atoms. The van der Waals surface area contributed by atoms with Gasteiger partial charge >= 0.3 is 7.60 Å². The van der Waals surface area contributed by atoms with Gasteiger partial charge in [0.25, 0.3) is 0 Å². The van der Waals surface area contributed by atoms with Gasteiger partial charge in [-0.05, 0) is 6.42 Å². The number of unbranched alkanes of at least 4 members (excludes halogenated alkanes) is 4. The van der Waals surface area contributed by atoms with Crippen molar-refractivity contribution < 1.29 is 14.4 Å². The van der Waals surface area contributed by atoms with Crippen molar-refractivity contribution >= 4 is 7.60 Å². The van der Waals surface area contributed by atoms with Gasteiger partial charge in [0.15, 0.2) is 0 Å². The molecule has 0 aliphatic rings. The molecule has 68 valence electrons. The highest BCUT2D eigenvalue weighted by Gasteiger charge is 2.10. The first kappa shape index (κ1) is 11.2. The maximum absolute atomic E-state index is 10.4. The van der Waals surface area contributed by atoms with Crippen molar-refractivity contribution in [3.05, 3.63) is 0 Å². The van der Waals surface area contributed by atoms with E-state index in [1.165, 1.54) is 6.42 Å². The quantitative estimate of drug-likeness (QED) is 0.486. The van der Waals surface area contributed by atoms with Crippen molar-refractivity contribution in [2.45, 2.75) is 39.0 Å². The molecule has 0 saturated heterocycles. The van der Waals surface area contributed by atoms with Crippen LogP contribution in [0.25, 0.3) is 0 Å². The maximum atomic E-state index is 10.4. The molecule has 3 nitrogen and oxygen atoms in total.